The maximum atomic E-state index is 11.7. The molecule has 1 rings (SSSR count). The Balaban J connectivity index is 2.28. The fourth-order valence-corrected chi connectivity index (χ4v) is 2.29. The Morgan fingerprint density at radius 3 is 2.72 bits per heavy atom. The Morgan fingerprint density at radius 1 is 1.50 bits per heavy atom. The molecule has 1 amide bonds. The molecule has 0 aliphatic heterocycles. The zero-order valence-electron chi connectivity index (χ0n) is 11.5. The lowest BCUT2D eigenvalue weighted by Gasteiger charge is -2.42. The Labute approximate surface area is 109 Å². The number of methoxy groups -OCH3 is 1. The number of ether oxygens (including phenoxy) is 2. The second kappa shape index (κ2) is 7.71. The van der Waals surface area contributed by atoms with Gasteiger partial charge in [0, 0.05) is 26.9 Å². The Kier molecular flexibility index (Phi) is 6.60. The number of carbonyl (C=O) groups is 1. The molecule has 1 atom stereocenters. The van der Waals surface area contributed by atoms with E-state index in [0.29, 0.717) is 6.54 Å². The molecule has 0 radical (unpaired) electrons. The summed E-state index contributed by atoms with van der Waals surface area (Å²) in [7, 11) is 1.54. The van der Waals surface area contributed by atoms with Crippen LogP contribution in [0.2, 0.25) is 0 Å². The third-order valence-corrected chi connectivity index (χ3v) is 3.72. The van der Waals surface area contributed by atoms with Crippen LogP contribution in [0.25, 0.3) is 0 Å². The largest absolute Gasteiger partial charge is 0.383 e. The summed E-state index contributed by atoms with van der Waals surface area (Å²) in [5, 5.41) is 2.94. The molecule has 106 valence electrons. The predicted molar refractivity (Wildman–Crippen MR) is 70.3 cm³/mol. The first kappa shape index (κ1) is 15.4. The molecule has 5 nitrogen and oxygen atoms in total. The Hall–Kier alpha value is -0.650. The summed E-state index contributed by atoms with van der Waals surface area (Å²) in [5.74, 6) is -0.125. The van der Waals surface area contributed by atoms with Gasteiger partial charge in [0.05, 0.1) is 6.61 Å². The van der Waals surface area contributed by atoms with Crippen LogP contribution < -0.4 is 11.1 Å². The van der Waals surface area contributed by atoms with Crippen LogP contribution >= 0.6 is 0 Å². The summed E-state index contributed by atoms with van der Waals surface area (Å²) in [5.41, 5.74) is 5.91. The topological polar surface area (TPSA) is 73.6 Å². The minimum Gasteiger partial charge on any atom is -0.383 e. The van der Waals surface area contributed by atoms with E-state index in [1.807, 2.05) is 6.92 Å². The van der Waals surface area contributed by atoms with Crippen molar-refractivity contribution in [1.82, 2.24) is 5.32 Å². The molecule has 0 aromatic heterocycles. The number of hydrogen-bond acceptors (Lipinski definition) is 4. The molecule has 1 fully saturated rings. The van der Waals surface area contributed by atoms with E-state index in [9.17, 15) is 4.79 Å². The summed E-state index contributed by atoms with van der Waals surface area (Å²) in [6, 6.07) is -0.570. The highest BCUT2D eigenvalue weighted by molar-refractivity contribution is 5.81. The molecular formula is C13H26N2O3. The molecule has 1 aliphatic rings. The van der Waals surface area contributed by atoms with Gasteiger partial charge >= 0.3 is 0 Å². The third-order valence-electron chi connectivity index (χ3n) is 3.72. The highest BCUT2D eigenvalue weighted by Gasteiger charge is 2.37. The van der Waals surface area contributed by atoms with Crippen molar-refractivity contribution in [2.24, 2.45) is 11.1 Å². The first-order valence-electron chi connectivity index (χ1n) is 6.73. The minimum atomic E-state index is -0.570. The van der Waals surface area contributed by atoms with Crippen molar-refractivity contribution in [3.8, 4) is 0 Å². The van der Waals surface area contributed by atoms with Crippen molar-refractivity contribution < 1.29 is 14.3 Å². The second-order valence-corrected chi connectivity index (χ2v) is 5.08. The van der Waals surface area contributed by atoms with Gasteiger partial charge in [0.25, 0.3) is 0 Å². The van der Waals surface area contributed by atoms with Crippen LogP contribution in [0.3, 0.4) is 0 Å². The summed E-state index contributed by atoms with van der Waals surface area (Å²) in [4.78, 5) is 11.7. The normalized spacial score (nSPS) is 19.1. The molecule has 1 saturated carbocycles. The predicted octanol–water partition coefficient (Wildman–Crippen LogP) is 0.673. The van der Waals surface area contributed by atoms with E-state index in [1.54, 1.807) is 7.11 Å². The van der Waals surface area contributed by atoms with Gasteiger partial charge in [-0.1, -0.05) is 6.42 Å². The molecule has 0 bridgehead atoms. The van der Waals surface area contributed by atoms with Gasteiger partial charge in [0.2, 0.25) is 5.91 Å². The molecule has 1 aliphatic carbocycles. The smallest absolute Gasteiger partial charge is 0.239 e. The zero-order valence-corrected chi connectivity index (χ0v) is 11.5. The standard InChI is InChI=1S/C13H26N2O3/c1-3-18-8-7-13(5-4-6-13)10-15-12(16)11(14)9-17-2/h11H,3-10,14H2,1-2H3,(H,15,16). The third kappa shape index (κ3) is 4.55. The fraction of sp³-hybridized carbons (Fsp3) is 0.923. The van der Waals surface area contributed by atoms with Crippen LogP contribution in [0, 0.1) is 5.41 Å². The van der Waals surface area contributed by atoms with Gasteiger partial charge in [-0.25, -0.2) is 0 Å². The van der Waals surface area contributed by atoms with E-state index in [4.69, 9.17) is 15.2 Å². The van der Waals surface area contributed by atoms with Gasteiger partial charge in [0.15, 0.2) is 0 Å². The molecule has 0 aromatic rings. The average Bonchev–Trinajstić information content (AvgIpc) is 2.31. The lowest BCUT2D eigenvalue weighted by molar-refractivity contribution is -0.124. The van der Waals surface area contributed by atoms with Gasteiger partial charge in [-0.15, -0.1) is 0 Å². The van der Waals surface area contributed by atoms with E-state index < -0.39 is 6.04 Å². The lowest BCUT2D eigenvalue weighted by atomic mass is 9.66. The summed E-state index contributed by atoms with van der Waals surface area (Å²) < 4.78 is 10.3. The Morgan fingerprint density at radius 2 is 2.22 bits per heavy atom. The van der Waals surface area contributed by atoms with Crippen LogP contribution in [0.5, 0.6) is 0 Å². The van der Waals surface area contributed by atoms with E-state index in [1.165, 1.54) is 19.3 Å². The monoisotopic (exact) mass is 258 g/mol. The average molecular weight is 258 g/mol. The van der Waals surface area contributed by atoms with Gasteiger partial charge in [-0.05, 0) is 31.6 Å². The quantitative estimate of drug-likeness (QED) is 0.596. The van der Waals surface area contributed by atoms with Crippen LogP contribution in [0.15, 0.2) is 0 Å². The number of hydrogen-bond donors (Lipinski definition) is 2. The second-order valence-electron chi connectivity index (χ2n) is 5.08. The van der Waals surface area contributed by atoms with Crippen molar-refractivity contribution in [3.05, 3.63) is 0 Å². The van der Waals surface area contributed by atoms with E-state index in [2.05, 4.69) is 5.32 Å². The van der Waals surface area contributed by atoms with Crippen LogP contribution in [0.1, 0.15) is 32.6 Å². The summed E-state index contributed by atoms with van der Waals surface area (Å²) in [6.45, 7) is 4.49. The SMILES string of the molecule is CCOCCC1(CNC(=O)C(N)COC)CCC1. The van der Waals surface area contributed by atoms with Crippen LogP contribution in [0.4, 0.5) is 0 Å². The molecule has 0 heterocycles. The van der Waals surface area contributed by atoms with Gasteiger partial charge in [-0.2, -0.15) is 0 Å². The summed E-state index contributed by atoms with van der Waals surface area (Å²) in [6.07, 6.45) is 4.59. The first-order valence-corrected chi connectivity index (χ1v) is 6.73. The molecule has 1 unspecified atom stereocenters. The van der Waals surface area contributed by atoms with E-state index >= 15 is 0 Å². The first-order chi connectivity index (χ1) is 8.63. The van der Waals surface area contributed by atoms with Crippen molar-refractivity contribution in [3.63, 3.8) is 0 Å². The molecule has 3 N–H and O–H groups in total. The number of rotatable bonds is 9. The number of nitrogens with two attached hydrogens (primary N) is 1. The highest BCUT2D eigenvalue weighted by atomic mass is 16.5. The minimum absolute atomic E-state index is 0.125. The molecule has 0 spiro atoms. The van der Waals surface area contributed by atoms with Crippen molar-refractivity contribution >= 4 is 5.91 Å². The zero-order chi connectivity index (χ0) is 13.4. The summed E-state index contributed by atoms with van der Waals surface area (Å²) >= 11 is 0. The fourth-order valence-electron chi connectivity index (χ4n) is 2.29. The molecular weight excluding hydrogens is 232 g/mol. The highest BCUT2D eigenvalue weighted by Crippen LogP contribution is 2.43. The molecule has 18 heavy (non-hydrogen) atoms. The van der Waals surface area contributed by atoms with Crippen LogP contribution in [-0.4, -0.2) is 45.4 Å². The number of amides is 1. The van der Waals surface area contributed by atoms with Crippen molar-refractivity contribution in [1.29, 1.82) is 0 Å². The van der Waals surface area contributed by atoms with Crippen molar-refractivity contribution in [2.45, 2.75) is 38.6 Å². The number of carbonyl (C=O) groups excluding carboxylic acids is 1. The van der Waals surface area contributed by atoms with Gasteiger partial charge in [0.1, 0.15) is 6.04 Å². The Bertz CT molecular complexity index is 255. The maximum Gasteiger partial charge on any atom is 0.239 e. The van der Waals surface area contributed by atoms with Gasteiger partial charge in [-0.3, -0.25) is 4.79 Å². The van der Waals surface area contributed by atoms with Crippen LogP contribution in [-0.2, 0) is 14.3 Å². The number of nitrogens with one attached hydrogen (secondary N) is 1. The molecule has 0 saturated heterocycles. The van der Waals surface area contributed by atoms with E-state index in [-0.39, 0.29) is 17.9 Å². The van der Waals surface area contributed by atoms with E-state index in [0.717, 1.165) is 19.6 Å². The molecule has 0 aromatic carbocycles. The lowest BCUT2D eigenvalue weighted by Crippen LogP contribution is -2.49. The maximum absolute atomic E-state index is 11.7. The molecule has 5 heteroatoms. The van der Waals surface area contributed by atoms with Gasteiger partial charge < -0.3 is 20.5 Å². The van der Waals surface area contributed by atoms with Crippen molar-refractivity contribution in [2.75, 3.05) is 33.5 Å².